The first-order chi connectivity index (χ1) is 8.99. The zero-order valence-corrected chi connectivity index (χ0v) is 12.4. The average molecular weight is 297 g/mol. The standard InChI is InChI=1S/C14H17ClN2OS/c1-8-5-6-9(15)7-11(8)14(18)17-12-4-2-3-10(12)13(16)19/h5-7,10,12H,2-4H2,1H3,(H2,16,19)(H,17,18). The Balaban J connectivity index is 2.12. The van der Waals surface area contributed by atoms with Gasteiger partial charge in [0.25, 0.3) is 5.91 Å². The van der Waals surface area contributed by atoms with E-state index in [4.69, 9.17) is 29.6 Å². The van der Waals surface area contributed by atoms with Gasteiger partial charge in [0.2, 0.25) is 0 Å². The Morgan fingerprint density at radius 1 is 1.47 bits per heavy atom. The zero-order chi connectivity index (χ0) is 14.0. The van der Waals surface area contributed by atoms with Crippen LogP contribution in [0, 0.1) is 12.8 Å². The van der Waals surface area contributed by atoms with Crippen LogP contribution in [0.5, 0.6) is 0 Å². The molecule has 1 fully saturated rings. The average Bonchev–Trinajstić information content (AvgIpc) is 2.80. The number of carbonyl (C=O) groups is 1. The quantitative estimate of drug-likeness (QED) is 0.843. The molecule has 102 valence electrons. The molecule has 1 aliphatic carbocycles. The minimum absolute atomic E-state index is 0.0448. The molecule has 0 spiro atoms. The summed E-state index contributed by atoms with van der Waals surface area (Å²) in [4.78, 5) is 12.8. The van der Waals surface area contributed by atoms with Crippen LogP contribution in [0.2, 0.25) is 5.02 Å². The highest BCUT2D eigenvalue weighted by molar-refractivity contribution is 7.80. The van der Waals surface area contributed by atoms with Gasteiger partial charge in [0.15, 0.2) is 0 Å². The molecule has 3 N–H and O–H groups in total. The van der Waals surface area contributed by atoms with Gasteiger partial charge < -0.3 is 11.1 Å². The van der Waals surface area contributed by atoms with Gasteiger partial charge in [-0.3, -0.25) is 4.79 Å². The Bertz CT molecular complexity index is 518. The molecule has 0 radical (unpaired) electrons. The second kappa shape index (κ2) is 5.88. The van der Waals surface area contributed by atoms with Crippen LogP contribution in [0.3, 0.4) is 0 Å². The highest BCUT2D eigenvalue weighted by Gasteiger charge is 2.30. The fraction of sp³-hybridized carbons (Fsp3) is 0.429. The van der Waals surface area contributed by atoms with Gasteiger partial charge in [-0.25, -0.2) is 0 Å². The van der Waals surface area contributed by atoms with Crippen molar-refractivity contribution in [2.24, 2.45) is 11.7 Å². The number of rotatable bonds is 3. The summed E-state index contributed by atoms with van der Waals surface area (Å²) in [5, 5.41) is 3.59. The lowest BCUT2D eigenvalue weighted by molar-refractivity contribution is 0.0933. The molecule has 3 nitrogen and oxygen atoms in total. The molecule has 0 aromatic heterocycles. The molecule has 0 bridgehead atoms. The summed E-state index contributed by atoms with van der Waals surface area (Å²) >= 11 is 11.0. The van der Waals surface area contributed by atoms with Crippen LogP contribution >= 0.6 is 23.8 Å². The van der Waals surface area contributed by atoms with E-state index in [0.717, 1.165) is 24.8 Å². The normalized spacial score (nSPS) is 22.2. The molecule has 0 aliphatic heterocycles. The summed E-state index contributed by atoms with van der Waals surface area (Å²) in [6, 6.07) is 5.36. The van der Waals surface area contributed by atoms with Crippen molar-refractivity contribution in [3.8, 4) is 0 Å². The van der Waals surface area contributed by atoms with E-state index in [1.54, 1.807) is 12.1 Å². The van der Waals surface area contributed by atoms with Crippen LogP contribution < -0.4 is 11.1 Å². The smallest absolute Gasteiger partial charge is 0.251 e. The molecule has 0 heterocycles. The van der Waals surface area contributed by atoms with Gasteiger partial charge in [0.1, 0.15) is 0 Å². The van der Waals surface area contributed by atoms with Crippen LogP contribution in [0.4, 0.5) is 0 Å². The van der Waals surface area contributed by atoms with E-state index in [1.807, 2.05) is 13.0 Å². The van der Waals surface area contributed by atoms with Crippen molar-refractivity contribution >= 4 is 34.7 Å². The van der Waals surface area contributed by atoms with Crippen LogP contribution in [0.1, 0.15) is 35.2 Å². The maximum atomic E-state index is 12.3. The van der Waals surface area contributed by atoms with Crippen LogP contribution in [0.25, 0.3) is 0 Å². The van der Waals surface area contributed by atoms with Crippen molar-refractivity contribution in [1.82, 2.24) is 5.32 Å². The number of hydrogen-bond donors (Lipinski definition) is 2. The molecule has 2 atom stereocenters. The highest BCUT2D eigenvalue weighted by Crippen LogP contribution is 2.26. The number of thiocarbonyl (C=S) groups is 1. The number of nitrogens with one attached hydrogen (secondary N) is 1. The Morgan fingerprint density at radius 2 is 2.21 bits per heavy atom. The molecule has 1 saturated carbocycles. The van der Waals surface area contributed by atoms with E-state index in [0.29, 0.717) is 15.6 Å². The van der Waals surface area contributed by atoms with Crippen LogP contribution in [-0.2, 0) is 0 Å². The van der Waals surface area contributed by atoms with Gasteiger partial charge in [0.05, 0.1) is 4.99 Å². The molecular formula is C14H17ClN2OS. The van der Waals surface area contributed by atoms with E-state index in [2.05, 4.69) is 5.32 Å². The van der Waals surface area contributed by atoms with Gasteiger partial charge in [0, 0.05) is 22.5 Å². The number of halogens is 1. The second-order valence-corrected chi connectivity index (χ2v) is 5.89. The fourth-order valence-corrected chi connectivity index (χ4v) is 3.01. The van der Waals surface area contributed by atoms with E-state index in [9.17, 15) is 4.79 Å². The highest BCUT2D eigenvalue weighted by atomic mass is 35.5. The summed E-state index contributed by atoms with van der Waals surface area (Å²) < 4.78 is 0. The molecule has 1 aliphatic rings. The Kier molecular flexibility index (Phi) is 4.42. The summed E-state index contributed by atoms with van der Waals surface area (Å²) in [5.74, 6) is 0.00610. The number of amides is 1. The first kappa shape index (κ1) is 14.3. The van der Waals surface area contributed by atoms with E-state index < -0.39 is 0 Å². The molecule has 1 aromatic carbocycles. The number of nitrogens with two attached hydrogens (primary N) is 1. The zero-order valence-electron chi connectivity index (χ0n) is 10.8. The topological polar surface area (TPSA) is 55.1 Å². The van der Waals surface area contributed by atoms with Crippen molar-refractivity contribution in [1.29, 1.82) is 0 Å². The SMILES string of the molecule is Cc1ccc(Cl)cc1C(=O)NC1CCCC1C(N)=S. The van der Waals surface area contributed by atoms with Gasteiger partial charge >= 0.3 is 0 Å². The summed E-state index contributed by atoms with van der Waals surface area (Å²) in [6.07, 6.45) is 2.92. The predicted molar refractivity (Wildman–Crippen MR) is 81.6 cm³/mol. The van der Waals surface area contributed by atoms with Gasteiger partial charge in [-0.2, -0.15) is 0 Å². The lowest BCUT2D eigenvalue weighted by atomic mass is 10.0. The second-order valence-electron chi connectivity index (χ2n) is 4.98. The summed E-state index contributed by atoms with van der Waals surface area (Å²) in [5.41, 5.74) is 7.24. The maximum Gasteiger partial charge on any atom is 0.251 e. The Morgan fingerprint density at radius 3 is 2.89 bits per heavy atom. The number of benzene rings is 1. The third-order valence-corrected chi connectivity index (χ3v) is 4.18. The minimum Gasteiger partial charge on any atom is -0.393 e. The van der Waals surface area contributed by atoms with Crippen LogP contribution in [0.15, 0.2) is 18.2 Å². The molecule has 2 unspecified atom stereocenters. The molecule has 5 heteroatoms. The lowest BCUT2D eigenvalue weighted by Crippen LogP contribution is -2.41. The van der Waals surface area contributed by atoms with Gasteiger partial charge in [-0.05, 0) is 37.5 Å². The first-order valence-electron chi connectivity index (χ1n) is 6.35. The molecule has 1 amide bonds. The molecule has 0 saturated heterocycles. The van der Waals surface area contributed by atoms with Gasteiger partial charge in [-0.15, -0.1) is 0 Å². The molecule has 2 rings (SSSR count). The lowest BCUT2D eigenvalue weighted by Gasteiger charge is -2.20. The molecule has 1 aromatic rings. The monoisotopic (exact) mass is 296 g/mol. The number of hydrogen-bond acceptors (Lipinski definition) is 2. The molecular weight excluding hydrogens is 280 g/mol. The third-order valence-electron chi connectivity index (χ3n) is 3.64. The number of aryl methyl sites for hydroxylation is 1. The fourth-order valence-electron chi connectivity index (χ4n) is 2.56. The van der Waals surface area contributed by atoms with E-state index in [1.165, 1.54) is 0 Å². The van der Waals surface area contributed by atoms with E-state index in [-0.39, 0.29) is 17.9 Å². The third kappa shape index (κ3) is 3.25. The van der Waals surface area contributed by atoms with Crippen molar-refractivity contribution < 1.29 is 4.79 Å². The van der Waals surface area contributed by atoms with Crippen LogP contribution in [-0.4, -0.2) is 16.9 Å². The van der Waals surface area contributed by atoms with Crippen molar-refractivity contribution in [2.45, 2.75) is 32.2 Å². The van der Waals surface area contributed by atoms with Crippen molar-refractivity contribution in [3.05, 3.63) is 34.3 Å². The van der Waals surface area contributed by atoms with Crippen molar-refractivity contribution in [3.63, 3.8) is 0 Å². The maximum absolute atomic E-state index is 12.3. The van der Waals surface area contributed by atoms with Gasteiger partial charge in [-0.1, -0.05) is 36.3 Å². The predicted octanol–water partition coefficient (Wildman–Crippen LogP) is 2.83. The minimum atomic E-state index is -0.104. The van der Waals surface area contributed by atoms with E-state index >= 15 is 0 Å². The summed E-state index contributed by atoms with van der Waals surface area (Å²) in [6.45, 7) is 1.89. The largest absolute Gasteiger partial charge is 0.393 e. The first-order valence-corrected chi connectivity index (χ1v) is 7.14. The number of carbonyl (C=O) groups excluding carboxylic acids is 1. The Hall–Kier alpha value is -1.13. The summed E-state index contributed by atoms with van der Waals surface area (Å²) in [7, 11) is 0. The van der Waals surface area contributed by atoms with Crippen molar-refractivity contribution in [2.75, 3.05) is 0 Å². The Labute approximate surface area is 123 Å². The molecule has 19 heavy (non-hydrogen) atoms.